The molecule has 2 aromatic rings. The van der Waals surface area contributed by atoms with Crippen molar-refractivity contribution in [3.8, 4) is 17.2 Å². The fraction of sp³-hybridized carbons (Fsp3) is 0.348. The summed E-state index contributed by atoms with van der Waals surface area (Å²) in [5.74, 6) is 0.596. The normalized spacial score (nSPS) is 15.1. The SMILES string of the molecule is COc1ccc(OC)c(NC(=O)CN2C(=O)COc3ccc(C(=O)N4CCCC4)cc32)c1. The van der Waals surface area contributed by atoms with Crippen molar-refractivity contribution in [1.29, 1.82) is 0 Å². The second-order valence-corrected chi connectivity index (χ2v) is 7.56. The molecule has 32 heavy (non-hydrogen) atoms. The second kappa shape index (κ2) is 9.17. The first kappa shape index (κ1) is 21.5. The molecule has 0 aromatic heterocycles. The van der Waals surface area contributed by atoms with E-state index in [1.54, 1.807) is 41.3 Å². The molecule has 1 N–H and O–H groups in total. The van der Waals surface area contributed by atoms with Gasteiger partial charge < -0.3 is 24.4 Å². The van der Waals surface area contributed by atoms with E-state index in [1.165, 1.54) is 19.1 Å². The Morgan fingerprint density at radius 2 is 1.84 bits per heavy atom. The third-order valence-electron chi connectivity index (χ3n) is 5.52. The molecule has 0 radical (unpaired) electrons. The molecule has 1 fully saturated rings. The number of carbonyl (C=O) groups excluding carboxylic acids is 3. The Kier molecular flexibility index (Phi) is 6.16. The maximum atomic E-state index is 12.8. The van der Waals surface area contributed by atoms with Crippen molar-refractivity contribution in [3.05, 3.63) is 42.0 Å². The van der Waals surface area contributed by atoms with E-state index >= 15 is 0 Å². The number of nitrogens with zero attached hydrogens (tertiary/aromatic N) is 2. The number of fused-ring (bicyclic) bond motifs is 1. The molecule has 0 spiro atoms. The van der Waals surface area contributed by atoms with E-state index in [1.807, 2.05) is 0 Å². The number of benzene rings is 2. The first-order chi connectivity index (χ1) is 15.5. The summed E-state index contributed by atoms with van der Waals surface area (Å²) in [5, 5.41) is 2.76. The van der Waals surface area contributed by atoms with Crippen LogP contribution < -0.4 is 24.4 Å². The molecule has 2 aliphatic rings. The van der Waals surface area contributed by atoms with Gasteiger partial charge in [-0.1, -0.05) is 0 Å². The summed E-state index contributed by atoms with van der Waals surface area (Å²) in [4.78, 5) is 41.3. The van der Waals surface area contributed by atoms with Crippen LogP contribution in [0.3, 0.4) is 0 Å². The molecule has 2 aliphatic heterocycles. The molecule has 0 saturated carbocycles. The van der Waals surface area contributed by atoms with Crippen LogP contribution in [0.15, 0.2) is 36.4 Å². The van der Waals surface area contributed by atoms with Gasteiger partial charge in [-0.05, 0) is 43.2 Å². The second-order valence-electron chi connectivity index (χ2n) is 7.56. The van der Waals surface area contributed by atoms with E-state index in [-0.39, 0.29) is 25.0 Å². The number of likely N-dealkylation sites (tertiary alicyclic amines) is 1. The van der Waals surface area contributed by atoms with Crippen LogP contribution in [0.25, 0.3) is 0 Å². The van der Waals surface area contributed by atoms with E-state index in [2.05, 4.69) is 5.32 Å². The molecule has 2 heterocycles. The van der Waals surface area contributed by atoms with Gasteiger partial charge in [0.1, 0.15) is 23.8 Å². The Labute approximate surface area is 185 Å². The van der Waals surface area contributed by atoms with Crippen LogP contribution >= 0.6 is 0 Å². The summed E-state index contributed by atoms with van der Waals surface area (Å²) in [7, 11) is 3.02. The van der Waals surface area contributed by atoms with E-state index in [4.69, 9.17) is 14.2 Å². The quantitative estimate of drug-likeness (QED) is 0.742. The molecule has 2 aromatic carbocycles. The fourth-order valence-electron chi connectivity index (χ4n) is 3.86. The Morgan fingerprint density at radius 3 is 2.56 bits per heavy atom. The van der Waals surface area contributed by atoms with Crippen LogP contribution in [-0.4, -0.2) is 63.1 Å². The van der Waals surface area contributed by atoms with Crippen LogP contribution in [0.4, 0.5) is 11.4 Å². The average Bonchev–Trinajstić information content (AvgIpc) is 3.35. The highest BCUT2D eigenvalue weighted by Gasteiger charge is 2.29. The van der Waals surface area contributed by atoms with Gasteiger partial charge in [-0.15, -0.1) is 0 Å². The summed E-state index contributed by atoms with van der Waals surface area (Å²) in [6, 6.07) is 10.0. The number of nitrogens with one attached hydrogen (secondary N) is 1. The maximum Gasteiger partial charge on any atom is 0.265 e. The van der Waals surface area contributed by atoms with E-state index < -0.39 is 5.91 Å². The predicted octanol–water partition coefficient (Wildman–Crippen LogP) is 2.30. The van der Waals surface area contributed by atoms with E-state index in [9.17, 15) is 14.4 Å². The number of amides is 3. The zero-order chi connectivity index (χ0) is 22.7. The molecule has 3 amide bonds. The van der Waals surface area contributed by atoms with Gasteiger partial charge in [0.15, 0.2) is 6.61 Å². The van der Waals surface area contributed by atoms with Gasteiger partial charge >= 0.3 is 0 Å². The molecule has 0 bridgehead atoms. The van der Waals surface area contributed by atoms with Crippen molar-refractivity contribution in [2.45, 2.75) is 12.8 Å². The van der Waals surface area contributed by atoms with Crippen molar-refractivity contribution < 1.29 is 28.6 Å². The highest BCUT2D eigenvalue weighted by atomic mass is 16.5. The summed E-state index contributed by atoms with van der Waals surface area (Å²) in [5.41, 5.74) is 1.29. The first-order valence-electron chi connectivity index (χ1n) is 10.4. The lowest BCUT2D eigenvalue weighted by atomic mass is 10.1. The Morgan fingerprint density at radius 1 is 1.06 bits per heavy atom. The minimum absolute atomic E-state index is 0.0890. The summed E-state index contributed by atoms with van der Waals surface area (Å²) < 4.78 is 16.0. The standard InChI is InChI=1S/C23H25N3O6/c1-30-16-6-8-19(31-2)17(12-16)24-21(27)13-26-18-11-15(23(29)25-9-3-4-10-25)5-7-20(18)32-14-22(26)28/h5-8,11-12H,3-4,9-10,13-14H2,1-2H3,(H,24,27). The number of hydrogen-bond acceptors (Lipinski definition) is 6. The van der Waals surface area contributed by atoms with Crippen LogP contribution in [0.1, 0.15) is 23.2 Å². The molecule has 4 rings (SSSR count). The Hall–Kier alpha value is -3.75. The van der Waals surface area contributed by atoms with Crippen LogP contribution in [-0.2, 0) is 9.59 Å². The number of ether oxygens (including phenoxy) is 3. The van der Waals surface area contributed by atoms with Crippen LogP contribution in [0.5, 0.6) is 17.2 Å². The largest absolute Gasteiger partial charge is 0.497 e. The van der Waals surface area contributed by atoms with Crippen molar-refractivity contribution in [2.24, 2.45) is 0 Å². The highest BCUT2D eigenvalue weighted by molar-refractivity contribution is 6.06. The molecule has 0 aliphatic carbocycles. The molecule has 1 saturated heterocycles. The Balaban J connectivity index is 1.55. The lowest BCUT2D eigenvalue weighted by Gasteiger charge is -2.29. The number of carbonyl (C=O) groups is 3. The highest BCUT2D eigenvalue weighted by Crippen LogP contribution is 2.34. The van der Waals surface area contributed by atoms with Gasteiger partial charge in [0.2, 0.25) is 5.91 Å². The van der Waals surface area contributed by atoms with E-state index in [0.29, 0.717) is 34.2 Å². The lowest BCUT2D eigenvalue weighted by molar-refractivity contribution is -0.123. The monoisotopic (exact) mass is 439 g/mol. The average molecular weight is 439 g/mol. The third-order valence-corrected chi connectivity index (χ3v) is 5.52. The number of hydrogen-bond donors (Lipinski definition) is 1. The third kappa shape index (κ3) is 4.32. The lowest BCUT2D eigenvalue weighted by Crippen LogP contribution is -2.43. The van der Waals surface area contributed by atoms with Gasteiger partial charge in [-0.2, -0.15) is 0 Å². The van der Waals surface area contributed by atoms with Gasteiger partial charge in [-0.25, -0.2) is 0 Å². The Bertz CT molecular complexity index is 1050. The molecule has 168 valence electrons. The molecule has 9 heteroatoms. The van der Waals surface area contributed by atoms with Gasteiger partial charge in [0, 0.05) is 24.7 Å². The maximum absolute atomic E-state index is 12.8. The minimum Gasteiger partial charge on any atom is -0.497 e. The van der Waals surface area contributed by atoms with Crippen LogP contribution in [0, 0.1) is 0 Å². The molecular formula is C23H25N3O6. The van der Waals surface area contributed by atoms with Crippen molar-refractivity contribution in [1.82, 2.24) is 4.90 Å². The topological polar surface area (TPSA) is 97.4 Å². The van der Waals surface area contributed by atoms with Crippen LogP contribution in [0.2, 0.25) is 0 Å². The summed E-state index contributed by atoms with van der Waals surface area (Å²) in [6.07, 6.45) is 1.97. The molecule has 0 unspecified atom stereocenters. The fourth-order valence-corrected chi connectivity index (χ4v) is 3.86. The van der Waals surface area contributed by atoms with Crippen molar-refractivity contribution >= 4 is 29.1 Å². The summed E-state index contributed by atoms with van der Waals surface area (Å²) in [6.45, 7) is 1.03. The zero-order valence-corrected chi connectivity index (χ0v) is 18.1. The minimum atomic E-state index is -0.422. The zero-order valence-electron chi connectivity index (χ0n) is 18.1. The molecular weight excluding hydrogens is 414 g/mol. The van der Waals surface area contributed by atoms with Crippen molar-refractivity contribution in [3.63, 3.8) is 0 Å². The predicted molar refractivity (Wildman–Crippen MR) is 118 cm³/mol. The van der Waals surface area contributed by atoms with Gasteiger partial charge in [0.05, 0.1) is 25.6 Å². The van der Waals surface area contributed by atoms with Gasteiger partial charge in [-0.3, -0.25) is 19.3 Å². The number of anilines is 2. The van der Waals surface area contributed by atoms with E-state index in [0.717, 1.165) is 25.9 Å². The van der Waals surface area contributed by atoms with Crippen molar-refractivity contribution in [2.75, 3.05) is 50.7 Å². The smallest absolute Gasteiger partial charge is 0.265 e. The number of rotatable bonds is 6. The molecule has 0 atom stereocenters. The van der Waals surface area contributed by atoms with Gasteiger partial charge in [0.25, 0.3) is 11.8 Å². The number of methoxy groups -OCH3 is 2. The summed E-state index contributed by atoms with van der Waals surface area (Å²) >= 11 is 0. The molecule has 9 nitrogen and oxygen atoms in total. The first-order valence-corrected chi connectivity index (χ1v) is 10.4.